The van der Waals surface area contributed by atoms with Gasteiger partial charge in [-0.05, 0) is 54.1 Å². The molecule has 1 aromatic heterocycles. The van der Waals surface area contributed by atoms with Crippen molar-refractivity contribution in [3.63, 3.8) is 0 Å². The maximum absolute atomic E-state index is 12.0. The average molecular weight is 367 g/mol. The Morgan fingerprint density at radius 3 is 2.35 bits per heavy atom. The zero-order valence-corrected chi connectivity index (χ0v) is 14.4. The molecule has 0 fully saturated rings. The van der Waals surface area contributed by atoms with Crippen LogP contribution in [-0.2, 0) is 4.79 Å². The second-order valence-electron chi connectivity index (χ2n) is 5.39. The molecule has 3 aromatic rings. The summed E-state index contributed by atoms with van der Waals surface area (Å²) < 4.78 is 5.04. The molecule has 2 aromatic carbocycles. The summed E-state index contributed by atoms with van der Waals surface area (Å²) in [5, 5.41) is 6.09. The molecule has 0 saturated carbocycles. The summed E-state index contributed by atoms with van der Waals surface area (Å²) in [6.45, 7) is 0. The lowest BCUT2D eigenvalue weighted by Crippen LogP contribution is -2.12. The third kappa shape index (κ3) is 4.84. The second kappa shape index (κ2) is 8.18. The Balaban J connectivity index is 1.61. The fraction of sp³-hybridized carbons (Fsp3) is 0. The first-order valence-corrected chi connectivity index (χ1v) is 8.17. The Morgan fingerprint density at radius 1 is 0.923 bits per heavy atom. The number of hydrogen-bond donors (Lipinski definition) is 2. The smallest absolute Gasteiger partial charge is 0.291 e. The number of benzene rings is 2. The van der Waals surface area contributed by atoms with E-state index in [0.717, 1.165) is 5.56 Å². The van der Waals surface area contributed by atoms with Crippen molar-refractivity contribution < 1.29 is 14.0 Å². The second-order valence-corrected chi connectivity index (χ2v) is 5.82. The van der Waals surface area contributed by atoms with Crippen LogP contribution >= 0.6 is 11.6 Å². The lowest BCUT2D eigenvalue weighted by atomic mass is 10.2. The van der Waals surface area contributed by atoms with E-state index in [9.17, 15) is 9.59 Å². The first-order chi connectivity index (χ1) is 12.6. The summed E-state index contributed by atoms with van der Waals surface area (Å²) in [5.41, 5.74) is 1.97. The van der Waals surface area contributed by atoms with Crippen molar-refractivity contribution >= 4 is 40.9 Å². The van der Waals surface area contributed by atoms with Gasteiger partial charge in [0.2, 0.25) is 5.91 Å². The van der Waals surface area contributed by atoms with E-state index < -0.39 is 0 Å². The molecule has 0 aliphatic carbocycles. The molecular weight excluding hydrogens is 352 g/mol. The van der Waals surface area contributed by atoms with Crippen LogP contribution in [0.3, 0.4) is 0 Å². The maximum atomic E-state index is 12.0. The number of carbonyl (C=O) groups is 2. The van der Waals surface area contributed by atoms with Gasteiger partial charge >= 0.3 is 0 Å². The van der Waals surface area contributed by atoms with Crippen molar-refractivity contribution in [3.8, 4) is 0 Å². The molecule has 3 rings (SSSR count). The number of anilines is 2. The van der Waals surface area contributed by atoms with Gasteiger partial charge in [-0.2, -0.15) is 0 Å². The van der Waals surface area contributed by atoms with E-state index in [1.54, 1.807) is 54.6 Å². The summed E-state index contributed by atoms with van der Waals surface area (Å²) in [7, 11) is 0. The Morgan fingerprint density at radius 2 is 1.65 bits per heavy atom. The van der Waals surface area contributed by atoms with Gasteiger partial charge < -0.3 is 15.1 Å². The summed E-state index contributed by atoms with van der Waals surface area (Å²) >= 11 is 5.83. The molecule has 0 aliphatic heterocycles. The van der Waals surface area contributed by atoms with Gasteiger partial charge in [0.1, 0.15) is 0 Å². The Kier molecular flexibility index (Phi) is 5.51. The summed E-state index contributed by atoms with van der Waals surface area (Å²) in [6, 6.07) is 17.2. The van der Waals surface area contributed by atoms with Gasteiger partial charge in [0.15, 0.2) is 5.76 Å². The lowest BCUT2D eigenvalue weighted by molar-refractivity contribution is -0.111. The van der Waals surface area contributed by atoms with Crippen LogP contribution in [0.2, 0.25) is 5.02 Å². The molecule has 0 radical (unpaired) electrons. The summed E-state index contributed by atoms with van der Waals surface area (Å²) in [6.07, 6.45) is 4.55. The number of hydrogen-bond acceptors (Lipinski definition) is 3. The van der Waals surface area contributed by atoms with Crippen LogP contribution in [0.5, 0.6) is 0 Å². The molecule has 5 nitrogen and oxygen atoms in total. The summed E-state index contributed by atoms with van der Waals surface area (Å²) in [5.74, 6) is -0.430. The molecular formula is C20H15ClN2O3. The number of furan rings is 1. The monoisotopic (exact) mass is 366 g/mol. The van der Waals surface area contributed by atoms with E-state index in [-0.39, 0.29) is 17.6 Å². The van der Waals surface area contributed by atoms with Crippen LogP contribution in [0, 0.1) is 0 Å². The number of rotatable bonds is 5. The van der Waals surface area contributed by atoms with Crippen molar-refractivity contribution in [1.29, 1.82) is 0 Å². The zero-order chi connectivity index (χ0) is 18.4. The number of carbonyl (C=O) groups excluding carboxylic acids is 2. The minimum Gasteiger partial charge on any atom is -0.459 e. The van der Waals surface area contributed by atoms with Gasteiger partial charge in [0.25, 0.3) is 5.91 Å². The highest BCUT2D eigenvalue weighted by Crippen LogP contribution is 2.17. The van der Waals surface area contributed by atoms with Gasteiger partial charge in [-0.25, -0.2) is 0 Å². The highest BCUT2D eigenvalue weighted by atomic mass is 35.5. The minimum atomic E-state index is -0.360. The quantitative estimate of drug-likeness (QED) is 0.635. The van der Waals surface area contributed by atoms with E-state index in [0.29, 0.717) is 16.4 Å². The van der Waals surface area contributed by atoms with Gasteiger partial charge in [0, 0.05) is 22.5 Å². The standard InChI is InChI=1S/C20H15ClN2O3/c21-15-9-6-14(7-10-15)8-11-19(24)22-16-3-1-4-17(13-16)23-20(25)18-5-2-12-26-18/h1-13H,(H,22,24)(H,23,25)/b11-8+. The van der Waals surface area contributed by atoms with E-state index >= 15 is 0 Å². The van der Waals surface area contributed by atoms with Crippen LogP contribution in [0.1, 0.15) is 16.1 Å². The van der Waals surface area contributed by atoms with Crippen LogP contribution in [0.25, 0.3) is 6.08 Å². The molecule has 2 amide bonds. The largest absolute Gasteiger partial charge is 0.459 e. The zero-order valence-electron chi connectivity index (χ0n) is 13.6. The van der Waals surface area contributed by atoms with E-state index in [1.165, 1.54) is 12.3 Å². The fourth-order valence-corrected chi connectivity index (χ4v) is 2.33. The first kappa shape index (κ1) is 17.5. The Labute approximate surface area is 155 Å². The van der Waals surface area contributed by atoms with Crippen LogP contribution in [0.4, 0.5) is 11.4 Å². The third-order valence-electron chi connectivity index (χ3n) is 3.43. The Hall–Kier alpha value is -3.31. The highest BCUT2D eigenvalue weighted by molar-refractivity contribution is 6.30. The molecule has 2 N–H and O–H groups in total. The topological polar surface area (TPSA) is 71.3 Å². The van der Waals surface area contributed by atoms with E-state index in [4.69, 9.17) is 16.0 Å². The normalized spacial score (nSPS) is 10.7. The van der Waals surface area contributed by atoms with Crippen LogP contribution in [0.15, 0.2) is 77.4 Å². The first-order valence-electron chi connectivity index (χ1n) is 7.80. The predicted molar refractivity (Wildman–Crippen MR) is 102 cm³/mol. The fourth-order valence-electron chi connectivity index (χ4n) is 2.20. The molecule has 6 heteroatoms. The molecule has 1 heterocycles. The van der Waals surface area contributed by atoms with Gasteiger partial charge in [-0.1, -0.05) is 29.8 Å². The molecule has 0 aliphatic rings. The molecule has 0 spiro atoms. The van der Waals surface area contributed by atoms with Crippen molar-refractivity contribution in [1.82, 2.24) is 0 Å². The average Bonchev–Trinajstić information content (AvgIpc) is 3.16. The minimum absolute atomic E-state index is 0.213. The van der Waals surface area contributed by atoms with E-state index in [2.05, 4.69) is 10.6 Å². The van der Waals surface area contributed by atoms with E-state index in [1.807, 2.05) is 12.1 Å². The molecule has 130 valence electrons. The van der Waals surface area contributed by atoms with Crippen molar-refractivity contribution in [2.24, 2.45) is 0 Å². The van der Waals surface area contributed by atoms with Crippen molar-refractivity contribution in [3.05, 3.63) is 89.3 Å². The van der Waals surface area contributed by atoms with Crippen molar-refractivity contribution in [2.75, 3.05) is 10.6 Å². The van der Waals surface area contributed by atoms with Crippen LogP contribution in [-0.4, -0.2) is 11.8 Å². The number of nitrogens with one attached hydrogen (secondary N) is 2. The Bertz CT molecular complexity index is 932. The number of halogens is 1. The maximum Gasteiger partial charge on any atom is 0.291 e. The summed E-state index contributed by atoms with van der Waals surface area (Å²) in [4.78, 5) is 24.0. The SMILES string of the molecule is O=C(/C=C/c1ccc(Cl)cc1)Nc1cccc(NC(=O)c2ccco2)c1. The predicted octanol–water partition coefficient (Wildman–Crippen LogP) is 4.84. The molecule has 0 atom stereocenters. The molecule has 26 heavy (non-hydrogen) atoms. The van der Waals surface area contributed by atoms with Crippen molar-refractivity contribution in [2.45, 2.75) is 0 Å². The van der Waals surface area contributed by atoms with Gasteiger partial charge in [-0.3, -0.25) is 9.59 Å². The number of amides is 2. The van der Waals surface area contributed by atoms with Gasteiger partial charge in [-0.15, -0.1) is 0 Å². The molecule has 0 saturated heterocycles. The third-order valence-corrected chi connectivity index (χ3v) is 3.68. The van der Waals surface area contributed by atoms with Crippen LogP contribution < -0.4 is 10.6 Å². The van der Waals surface area contributed by atoms with Gasteiger partial charge in [0.05, 0.1) is 6.26 Å². The lowest BCUT2D eigenvalue weighted by Gasteiger charge is -2.07. The molecule has 0 bridgehead atoms. The molecule has 0 unspecified atom stereocenters. The highest BCUT2D eigenvalue weighted by Gasteiger charge is 2.09.